The number of benzene rings is 2. The van der Waals surface area contributed by atoms with Gasteiger partial charge in [-0.1, -0.05) is 24.3 Å². The maximum Gasteiger partial charge on any atom is 0.132 e. The van der Waals surface area contributed by atoms with Crippen LogP contribution in [0.3, 0.4) is 0 Å². The average molecular weight is 294 g/mol. The number of halogens is 1. The van der Waals surface area contributed by atoms with Crippen LogP contribution in [0.5, 0.6) is 5.75 Å². The third-order valence-electron chi connectivity index (χ3n) is 3.87. The summed E-state index contributed by atoms with van der Waals surface area (Å²) in [5.41, 5.74) is 10.1. The van der Waals surface area contributed by atoms with Crippen LogP contribution in [0.25, 0.3) is 16.7 Å². The van der Waals surface area contributed by atoms with Crippen molar-refractivity contribution in [3.8, 4) is 22.9 Å². The summed E-state index contributed by atoms with van der Waals surface area (Å²) >= 11 is 0. The van der Waals surface area contributed by atoms with Crippen LogP contribution in [0.1, 0.15) is 23.6 Å². The molecule has 0 atom stereocenters. The zero-order valence-electron chi connectivity index (χ0n) is 12.2. The molecule has 4 heteroatoms. The number of allylic oxidation sites excluding steroid dienone is 1. The largest absolute Gasteiger partial charge is 0.492 e. The molecule has 0 amide bonds. The van der Waals surface area contributed by atoms with Crippen molar-refractivity contribution >= 4 is 11.3 Å². The lowest BCUT2D eigenvalue weighted by atomic mass is 9.94. The van der Waals surface area contributed by atoms with Crippen LogP contribution in [-0.4, -0.2) is 6.61 Å². The number of ether oxygens (including phenoxy) is 1. The molecule has 0 fully saturated rings. The van der Waals surface area contributed by atoms with Crippen LogP contribution >= 0.6 is 0 Å². The zero-order chi connectivity index (χ0) is 15.9. The number of hydrogen-bond acceptors (Lipinski definition) is 3. The van der Waals surface area contributed by atoms with Crippen molar-refractivity contribution in [2.75, 3.05) is 12.3 Å². The fourth-order valence-electron chi connectivity index (χ4n) is 2.73. The maximum absolute atomic E-state index is 14.5. The fourth-order valence-corrected chi connectivity index (χ4v) is 2.73. The summed E-state index contributed by atoms with van der Waals surface area (Å²) in [6.45, 7) is 6.12. The lowest BCUT2D eigenvalue weighted by molar-refractivity contribution is 0.358. The number of fused-ring (bicyclic) bond motifs is 1. The Morgan fingerprint density at radius 3 is 2.77 bits per heavy atom. The zero-order valence-corrected chi connectivity index (χ0v) is 12.2. The standard InChI is InChI=1S/C18H15FN2O/c1-10(2)11-3-4-12(16(19)7-11)14-8-17(21)15(9-20)13-5-6-22-18(13)14/h3-4,7-8H,1,5-6,21H2,2H3. The lowest BCUT2D eigenvalue weighted by Crippen LogP contribution is -1.98. The number of nitrogen functional groups attached to an aromatic ring is 1. The van der Waals surface area contributed by atoms with E-state index in [1.54, 1.807) is 12.1 Å². The number of nitrogens with two attached hydrogens (primary N) is 1. The van der Waals surface area contributed by atoms with Gasteiger partial charge < -0.3 is 10.5 Å². The SMILES string of the molecule is C=C(C)c1ccc(-c2cc(N)c(C#N)c3c2OCC3)c(F)c1. The van der Waals surface area contributed by atoms with E-state index in [1.807, 2.05) is 13.0 Å². The maximum atomic E-state index is 14.5. The molecule has 2 aromatic carbocycles. The lowest BCUT2D eigenvalue weighted by Gasteiger charge is -2.13. The summed E-state index contributed by atoms with van der Waals surface area (Å²) in [4.78, 5) is 0. The molecule has 0 saturated carbocycles. The minimum atomic E-state index is -0.359. The first-order valence-corrected chi connectivity index (χ1v) is 6.97. The molecule has 1 aliphatic rings. The Kier molecular flexibility index (Phi) is 3.34. The summed E-state index contributed by atoms with van der Waals surface area (Å²) < 4.78 is 20.1. The summed E-state index contributed by atoms with van der Waals surface area (Å²) in [7, 11) is 0. The highest BCUT2D eigenvalue weighted by atomic mass is 19.1. The summed E-state index contributed by atoms with van der Waals surface area (Å²) in [6, 6.07) is 8.68. The van der Waals surface area contributed by atoms with E-state index in [0.717, 1.165) is 16.7 Å². The van der Waals surface area contributed by atoms with Crippen LogP contribution in [-0.2, 0) is 6.42 Å². The fraction of sp³-hybridized carbons (Fsp3) is 0.167. The molecule has 0 spiro atoms. The van der Waals surface area contributed by atoms with Crippen LogP contribution in [0.15, 0.2) is 30.8 Å². The Labute approximate surface area is 128 Å². The van der Waals surface area contributed by atoms with Gasteiger partial charge in [-0.3, -0.25) is 0 Å². The van der Waals surface area contributed by atoms with E-state index < -0.39 is 0 Å². The van der Waals surface area contributed by atoms with Gasteiger partial charge in [-0.15, -0.1) is 0 Å². The van der Waals surface area contributed by atoms with E-state index in [-0.39, 0.29) is 5.82 Å². The topological polar surface area (TPSA) is 59.0 Å². The minimum absolute atomic E-state index is 0.352. The molecule has 22 heavy (non-hydrogen) atoms. The van der Waals surface area contributed by atoms with Crippen molar-refractivity contribution < 1.29 is 9.13 Å². The van der Waals surface area contributed by atoms with Crippen LogP contribution in [0.4, 0.5) is 10.1 Å². The molecule has 3 rings (SSSR count). The first-order chi connectivity index (χ1) is 10.5. The van der Waals surface area contributed by atoms with Gasteiger partial charge in [0, 0.05) is 23.1 Å². The highest BCUT2D eigenvalue weighted by Gasteiger charge is 2.24. The van der Waals surface area contributed by atoms with Crippen molar-refractivity contribution in [2.24, 2.45) is 0 Å². The molecule has 0 unspecified atom stereocenters. The van der Waals surface area contributed by atoms with Gasteiger partial charge in [0.05, 0.1) is 17.9 Å². The summed E-state index contributed by atoms with van der Waals surface area (Å²) in [5, 5.41) is 9.23. The predicted octanol–water partition coefficient (Wildman–Crippen LogP) is 3.91. The number of anilines is 1. The van der Waals surface area contributed by atoms with Gasteiger partial charge in [0.1, 0.15) is 17.6 Å². The Balaban J connectivity index is 2.22. The molecule has 0 saturated heterocycles. The first kappa shape index (κ1) is 14.2. The van der Waals surface area contributed by atoms with E-state index in [2.05, 4.69) is 12.6 Å². The molecule has 0 bridgehead atoms. The average Bonchev–Trinajstić information content (AvgIpc) is 2.95. The van der Waals surface area contributed by atoms with E-state index in [9.17, 15) is 9.65 Å². The van der Waals surface area contributed by atoms with Crippen LogP contribution in [0.2, 0.25) is 0 Å². The second-order valence-electron chi connectivity index (χ2n) is 5.38. The Morgan fingerprint density at radius 2 is 2.14 bits per heavy atom. The molecular formula is C18H15FN2O. The van der Waals surface area contributed by atoms with E-state index in [1.165, 1.54) is 6.07 Å². The van der Waals surface area contributed by atoms with Crippen LogP contribution in [0, 0.1) is 17.1 Å². The number of rotatable bonds is 2. The monoisotopic (exact) mass is 294 g/mol. The molecule has 1 aliphatic heterocycles. The second kappa shape index (κ2) is 5.19. The first-order valence-electron chi connectivity index (χ1n) is 6.97. The van der Waals surface area contributed by atoms with E-state index in [4.69, 9.17) is 10.5 Å². The number of nitrogens with zero attached hydrogens (tertiary/aromatic N) is 1. The normalized spacial score (nSPS) is 12.4. The molecule has 0 radical (unpaired) electrons. The van der Waals surface area contributed by atoms with Gasteiger partial charge in [-0.05, 0) is 24.6 Å². The minimum Gasteiger partial charge on any atom is -0.492 e. The molecule has 2 N–H and O–H groups in total. The van der Waals surface area contributed by atoms with Gasteiger partial charge in [0.25, 0.3) is 0 Å². The van der Waals surface area contributed by atoms with Gasteiger partial charge >= 0.3 is 0 Å². The number of nitriles is 1. The second-order valence-corrected chi connectivity index (χ2v) is 5.38. The molecular weight excluding hydrogens is 279 g/mol. The number of hydrogen-bond donors (Lipinski definition) is 1. The van der Waals surface area contributed by atoms with Gasteiger partial charge in [-0.2, -0.15) is 5.26 Å². The highest BCUT2D eigenvalue weighted by molar-refractivity contribution is 5.81. The molecule has 2 aromatic rings. The Hall–Kier alpha value is -2.80. The summed E-state index contributed by atoms with van der Waals surface area (Å²) in [5.74, 6) is 0.204. The third-order valence-corrected chi connectivity index (χ3v) is 3.87. The van der Waals surface area contributed by atoms with Crippen molar-refractivity contribution in [1.29, 1.82) is 5.26 Å². The molecule has 3 nitrogen and oxygen atoms in total. The van der Waals surface area contributed by atoms with E-state index in [0.29, 0.717) is 41.2 Å². The third kappa shape index (κ3) is 2.11. The smallest absolute Gasteiger partial charge is 0.132 e. The van der Waals surface area contributed by atoms with E-state index >= 15 is 0 Å². The Bertz CT molecular complexity index is 834. The quantitative estimate of drug-likeness (QED) is 0.854. The van der Waals surface area contributed by atoms with Gasteiger partial charge in [0.2, 0.25) is 0 Å². The predicted molar refractivity (Wildman–Crippen MR) is 84.9 cm³/mol. The highest BCUT2D eigenvalue weighted by Crippen LogP contribution is 2.42. The van der Waals surface area contributed by atoms with Crippen molar-refractivity contribution in [3.05, 3.63) is 53.4 Å². The van der Waals surface area contributed by atoms with Crippen molar-refractivity contribution in [1.82, 2.24) is 0 Å². The molecule has 0 aliphatic carbocycles. The summed E-state index contributed by atoms with van der Waals surface area (Å²) in [6.07, 6.45) is 0.613. The van der Waals surface area contributed by atoms with Crippen molar-refractivity contribution in [3.63, 3.8) is 0 Å². The van der Waals surface area contributed by atoms with Gasteiger partial charge in [0.15, 0.2) is 0 Å². The molecule has 1 heterocycles. The Morgan fingerprint density at radius 1 is 1.36 bits per heavy atom. The van der Waals surface area contributed by atoms with Crippen molar-refractivity contribution in [2.45, 2.75) is 13.3 Å². The molecule has 110 valence electrons. The van der Waals surface area contributed by atoms with Gasteiger partial charge in [-0.25, -0.2) is 4.39 Å². The van der Waals surface area contributed by atoms with Crippen LogP contribution < -0.4 is 10.5 Å². The molecule has 0 aromatic heterocycles.